The van der Waals surface area contributed by atoms with Crippen molar-refractivity contribution < 1.29 is 28.6 Å². The van der Waals surface area contributed by atoms with Gasteiger partial charge in [0.25, 0.3) is 11.7 Å². The van der Waals surface area contributed by atoms with Gasteiger partial charge in [-0.3, -0.25) is 9.59 Å². The molecule has 1 N–H and O–H groups in total. The zero-order valence-electron chi connectivity index (χ0n) is 18.0. The zero-order chi connectivity index (χ0) is 24.6. The number of hydrogen-bond acceptors (Lipinski definition) is 6. The molecule has 0 radical (unpaired) electrons. The molecule has 6 nitrogen and oxygen atoms in total. The Bertz CT molecular complexity index is 1310. The highest BCUT2D eigenvalue weighted by Gasteiger charge is 2.47. The topological polar surface area (TPSA) is 76.1 Å². The Morgan fingerprint density at radius 2 is 1.82 bits per heavy atom. The minimum atomic E-state index is -1.19. The van der Waals surface area contributed by atoms with Crippen molar-refractivity contribution in [3.63, 3.8) is 0 Å². The van der Waals surface area contributed by atoms with Gasteiger partial charge in [0, 0.05) is 10.4 Å². The third-order valence-corrected chi connectivity index (χ3v) is 6.93. The summed E-state index contributed by atoms with van der Waals surface area (Å²) in [6.45, 7) is 0.0548. The molecule has 1 aliphatic heterocycles. The standard InChI is InChI=1S/C24H18Cl2FNO5S/c1-32-22-14(10-15(25)23(33-2)18(22)26)20(29)17-19(13-7-3-4-8-16(13)27)28(24(31)21(17)30)11-12-6-5-9-34-12/h3-10,19,29H,11H2,1-2H3/b20-17+. The summed E-state index contributed by atoms with van der Waals surface area (Å²) in [7, 11) is 2.68. The number of amides is 1. The lowest BCUT2D eigenvalue weighted by Crippen LogP contribution is -2.29. The van der Waals surface area contributed by atoms with Gasteiger partial charge >= 0.3 is 0 Å². The van der Waals surface area contributed by atoms with E-state index in [0.29, 0.717) is 0 Å². The van der Waals surface area contributed by atoms with Crippen molar-refractivity contribution in [3.8, 4) is 11.5 Å². The Labute approximate surface area is 208 Å². The minimum Gasteiger partial charge on any atom is -0.507 e. The fourth-order valence-corrected chi connectivity index (χ4v) is 5.32. The Kier molecular flexibility index (Phi) is 6.84. The number of thiophene rings is 1. The van der Waals surface area contributed by atoms with Crippen LogP contribution in [0.3, 0.4) is 0 Å². The number of likely N-dealkylation sites (tertiary alicyclic amines) is 1. The third-order valence-electron chi connectivity index (χ3n) is 5.44. The number of carbonyl (C=O) groups excluding carboxylic acids is 2. The molecule has 0 aliphatic carbocycles. The Morgan fingerprint density at radius 1 is 1.12 bits per heavy atom. The molecule has 1 fully saturated rings. The van der Waals surface area contributed by atoms with Crippen molar-refractivity contribution in [2.24, 2.45) is 0 Å². The van der Waals surface area contributed by atoms with Crippen molar-refractivity contribution in [2.75, 3.05) is 14.2 Å². The number of ether oxygens (including phenoxy) is 2. The van der Waals surface area contributed by atoms with Gasteiger partial charge in [-0.2, -0.15) is 0 Å². The van der Waals surface area contributed by atoms with Crippen LogP contribution in [0.1, 0.15) is 22.0 Å². The second-order valence-corrected chi connectivity index (χ2v) is 9.13. The molecule has 3 aromatic rings. The molecule has 1 atom stereocenters. The van der Waals surface area contributed by atoms with Gasteiger partial charge in [0.2, 0.25) is 0 Å². The largest absolute Gasteiger partial charge is 0.507 e. The van der Waals surface area contributed by atoms with Crippen LogP contribution in [0.15, 0.2) is 53.4 Å². The van der Waals surface area contributed by atoms with Gasteiger partial charge in [0.05, 0.1) is 43.0 Å². The second-order valence-electron chi connectivity index (χ2n) is 7.31. The van der Waals surface area contributed by atoms with Crippen molar-refractivity contribution in [1.82, 2.24) is 4.90 Å². The Balaban J connectivity index is 1.97. The number of carbonyl (C=O) groups is 2. The van der Waals surface area contributed by atoms with E-state index in [4.69, 9.17) is 32.7 Å². The maximum absolute atomic E-state index is 14.9. The predicted octanol–water partition coefficient (Wildman–Crippen LogP) is 5.83. The van der Waals surface area contributed by atoms with Crippen LogP contribution in [0, 0.1) is 5.82 Å². The number of halogens is 3. The van der Waals surface area contributed by atoms with Crippen molar-refractivity contribution in [2.45, 2.75) is 12.6 Å². The molecule has 2 aromatic carbocycles. The monoisotopic (exact) mass is 521 g/mol. The number of aliphatic hydroxyl groups excluding tert-OH is 1. The lowest BCUT2D eigenvalue weighted by atomic mass is 9.94. The fourth-order valence-electron chi connectivity index (χ4n) is 3.93. The Morgan fingerprint density at radius 3 is 2.44 bits per heavy atom. The first-order valence-corrected chi connectivity index (χ1v) is 11.6. The van der Waals surface area contributed by atoms with Gasteiger partial charge in [0.1, 0.15) is 16.6 Å². The van der Waals surface area contributed by atoms with Crippen LogP contribution in [-0.4, -0.2) is 35.9 Å². The van der Waals surface area contributed by atoms with E-state index in [1.807, 2.05) is 5.38 Å². The molecular formula is C24H18Cl2FNO5S. The summed E-state index contributed by atoms with van der Waals surface area (Å²) < 4.78 is 25.5. The highest BCUT2D eigenvalue weighted by atomic mass is 35.5. The molecule has 10 heteroatoms. The van der Waals surface area contributed by atoms with E-state index in [1.165, 1.54) is 54.7 Å². The first-order chi connectivity index (χ1) is 16.3. The number of hydrogen-bond donors (Lipinski definition) is 1. The first kappa shape index (κ1) is 24.1. The molecule has 4 rings (SSSR count). The van der Waals surface area contributed by atoms with Crippen LogP contribution in [0.4, 0.5) is 4.39 Å². The van der Waals surface area contributed by atoms with Crippen LogP contribution in [0.5, 0.6) is 11.5 Å². The molecule has 1 amide bonds. The average Bonchev–Trinajstić information content (AvgIpc) is 3.41. The Hall–Kier alpha value is -3.07. The summed E-state index contributed by atoms with van der Waals surface area (Å²) in [5, 5.41) is 13.2. The molecule has 0 spiro atoms. The van der Waals surface area contributed by atoms with E-state index in [2.05, 4.69) is 0 Å². The van der Waals surface area contributed by atoms with Crippen molar-refractivity contribution in [3.05, 3.63) is 85.3 Å². The highest BCUT2D eigenvalue weighted by Crippen LogP contribution is 2.47. The number of nitrogens with zero attached hydrogens (tertiary/aromatic N) is 1. The summed E-state index contributed by atoms with van der Waals surface area (Å²) in [4.78, 5) is 28.3. The van der Waals surface area contributed by atoms with Crippen molar-refractivity contribution >= 4 is 52.0 Å². The smallest absolute Gasteiger partial charge is 0.295 e. The van der Waals surface area contributed by atoms with E-state index in [1.54, 1.807) is 18.2 Å². The molecule has 1 unspecified atom stereocenters. The van der Waals surface area contributed by atoms with E-state index >= 15 is 0 Å². The molecule has 1 aromatic heterocycles. The third kappa shape index (κ3) is 4.02. The summed E-state index contributed by atoms with van der Waals surface area (Å²) >= 11 is 14.0. The second kappa shape index (κ2) is 9.66. The van der Waals surface area contributed by atoms with Crippen LogP contribution < -0.4 is 9.47 Å². The highest BCUT2D eigenvalue weighted by molar-refractivity contribution is 7.09. The van der Waals surface area contributed by atoms with Gasteiger partial charge in [-0.15, -0.1) is 11.3 Å². The minimum absolute atomic E-state index is 0.0165. The van der Waals surface area contributed by atoms with Crippen LogP contribution in [0.2, 0.25) is 10.0 Å². The van der Waals surface area contributed by atoms with Crippen LogP contribution in [0.25, 0.3) is 5.76 Å². The molecule has 1 saturated heterocycles. The van der Waals surface area contributed by atoms with Gasteiger partial charge in [0.15, 0.2) is 11.5 Å². The maximum Gasteiger partial charge on any atom is 0.295 e. The molecular weight excluding hydrogens is 504 g/mol. The molecule has 34 heavy (non-hydrogen) atoms. The summed E-state index contributed by atoms with van der Waals surface area (Å²) in [5.74, 6) is -2.96. The van der Waals surface area contributed by atoms with Gasteiger partial charge in [-0.1, -0.05) is 47.5 Å². The summed E-state index contributed by atoms with van der Waals surface area (Å²) in [6, 6.07) is 9.50. The number of Topliss-reactive ketones (excluding diaryl/α,β-unsaturated/α-hetero) is 1. The lowest BCUT2D eigenvalue weighted by molar-refractivity contribution is -0.140. The summed E-state index contributed by atoms with van der Waals surface area (Å²) in [6.07, 6.45) is 0. The zero-order valence-corrected chi connectivity index (χ0v) is 20.3. The average molecular weight is 522 g/mol. The van der Waals surface area contributed by atoms with Gasteiger partial charge in [-0.05, 0) is 23.6 Å². The normalized spacial score (nSPS) is 17.3. The van der Waals surface area contributed by atoms with Gasteiger partial charge in [-0.25, -0.2) is 4.39 Å². The number of benzene rings is 2. The number of aliphatic hydroxyl groups is 1. The number of methoxy groups -OCH3 is 2. The summed E-state index contributed by atoms with van der Waals surface area (Å²) in [5.41, 5.74) is -0.277. The van der Waals surface area contributed by atoms with Crippen LogP contribution in [-0.2, 0) is 16.1 Å². The van der Waals surface area contributed by atoms with E-state index < -0.39 is 29.3 Å². The molecule has 0 bridgehead atoms. The fraction of sp³-hybridized carbons (Fsp3) is 0.167. The number of rotatable bonds is 6. The molecule has 176 valence electrons. The van der Waals surface area contributed by atoms with E-state index in [0.717, 1.165) is 4.88 Å². The number of ketones is 1. The van der Waals surface area contributed by atoms with Gasteiger partial charge < -0.3 is 19.5 Å². The molecule has 0 saturated carbocycles. The van der Waals surface area contributed by atoms with Crippen molar-refractivity contribution in [1.29, 1.82) is 0 Å². The predicted molar refractivity (Wildman–Crippen MR) is 128 cm³/mol. The van der Waals surface area contributed by atoms with E-state index in [-0.39, 0.29) is 44.8 Å². The molecule has 2 heterocycles. The first-order valence-electron chi connectivity index (χ1n) is 9.95. The quantitative estimate of drug-likeness (QED) is 0.250. The molecule has 1 aliphatic rings. The maximum atomic E-state index is 14.9. The van der Waals surface area contributed by atoms with E-state index in [9.17, 15) is 19.1 Å². The lowest BCUT2D eigenvalue weighted by Gasteiger charge is -2.25. The SMILES string of the molecule is COc1c(Cl)cc(/C(O)=C2\C(=O)C(=O)N(Cc3cccs3)C2c2ccccc2F)c(OC)c1Cl. The van der Waals surface area contributed by atoms with Crippen LogP contribution >= 0.6 is 34.5 Å².